The fourth-order valence-corrected chi connectivity index (χ4v) is 3.73. The fourth-order valence-electron chi connectivity index (χ4n) is 3.73. The number of rotatable bonds is 6. The van der Waals surface area contributed by atoms with Gasteiger partial charge in [-0.2, -0.15) is 4.98 Å². The predicted octanol–water partition coefficient (Wildman–Crippen LogP) is 3.08. The van der Waals surface area contributed by atoms with Crippen LogP contribution in [-0.2, 0) is 6.54 Å². The number of carbonyl (C=O) groups excluding carboxylic acids is 1. The third-order valence-corrected chi connectivity index (χ3v) is 5.14. The van der Waals surface area contributed by atoms with Crippen molar-refractivity contribution in [1.82, 2.24) is 19.5 Å². The van der Waals surface area contributed by atoms with Gasteiger partial charge in [0, 0.05) is 12.5 Å². The summed E-state index contributed by atoms with van der Waals surface area (Å²) in [5, 5.41) is 0. The van der Waals surface area contributed by atoms with E-state index in [0.717, 1.165) is 25.1 Å². The molecule has 2 aromatic heterocycles. The number of nitrogens with one attached hydrogen (secondary N) is 1. The molecule has 1 amide bonds. The first kappa shape index (κ1) is 18.2. The number of hydrogen-bond acceptors (Lipinski definition) is 5. The van der Waals surface area contributed by atoms with Crippen LogP contribution >= 0.6 is 0 Å². The van der Waals surface area contributed by atoms with Gasteiger partial charge in [0.15, 0.2) is 11.2 Å². The average molecular weight is 381 g/mol. The van der Waals surface area contributed by atoms with Gasteiger partial charge in [-0.15, -0.1) is 0 Å². The Labute approximate surface area is 161 Å². The molecular formula is C20H23N5O3. The van der Waals surface area contributed by atoms with Crippen LogP contribution in [0.1, 0.15) is 61.1 Å². The van der Waals surface area contributed by atoms with E-state index >= 15 is 0 Å². The Balaban J connectivity index is 1.81. The third kappa shape index (κ3) is 3.26. The second-order valence-corrected chi connectivity index (χ2v) is 7.12. The molecule has 0 radical (unpaired) electrons. The van der Waals surface area contributed by atoms with Crippen molar-refractivity contribution < 1.29 is 9.53 Å². The van der Waals surface area contributed by atoms with Crippen molar-refractivity contribution in [3.05, 3.63) is 46.0 Å². The highest BCUT2D eigenvalue weighted by atomic mass is 16.5. The molecule has 4 rings (SSSR count). The molecule has 0 spiro atoms. The summed E-state index contributed by atoms with van der Waals surface area (Å²) in [7, 11) is 0. The first-order valence-electron chi connectivity index (χ1n) is 9.65. The molecule has 8 nitrogen and oxygen atoms in total. The van der Waals surface area contributed by atoms with E-state index < -0.39 is 5.91 Å². The van der Waals surface area contributed by atoms with Gasteiger partial charge in [0.05, 0.1) is 5.56 Å². The van der Waals surface area contributed by atoms with Crippen molar-refractivity contribution in [1.29, 1.82) is 0 Å². The lowest BCUT2D eigenvalue weighted by Crippen LogP contribution is -2.23. The van der Waals surface area contributed by atoms with Gasteiger partial charge >= 0.3 is 6.01 Å². The van der Waals surface area contributed by atoms with Crippen LogP contribution < -0.4 is 16.0 Å². The van der Waals surface area contributed by atoms with Gasteiger partial charge in [-0.05, 0) is 31.4 Å². The van der Waals surface area contributed by atoms with Crippen LogP contribution in [0.2, 0.25) is 0 Å². The number of fused-ring (bicyclic) bond motifs is 1. The van der Waals surface area contributed by atoms with E-state index in [1.54, 1.807) is 24.3 Å². The van der Waals surface area contributed by atoms with Crippen LogP contribution in [0.15, 0.2) is 29.1 Å². The second kappa shape index (κ2) is 7.46. The Kier molecular flexibility index (Phi) is 4.85. The van der Waals surface area contributed by atoms with Gasteiger partial charge in [0.2, 0.25) is 0 Å². The van der Waals surface area contributed by atoms with Gasteiger partial charge in [0.1, 0.15) is 11.6 Å². The van der Waals surface area contributed by atoms with E-state index in [9.17, 15) is 9.59 Å². The number of amides is 1. The maximum Gasteiger partial charge on any atom is 0.306 e. The first-order valence-corrected chi connectivity index (χ1v) is 9.65. The van der Waals surface area contributed by atoms with Crippen LogP contribution in [0, 0.1) is 0 Å². The van der Waals surface area contributed by atoms with E-state index in [1.165, 1.54) is 17.4 Å². The molecule has 0 atom stereocenters. The molecule has 146 valence electrons. The molecule has 1 saturated carbocycles. The number of aromatic amines is 1. The number of imidazole rings is 1. The van der Waals surface area contributed by atoms with Crippen molar-refractivity contribution in [2.75, 3.05) is 0 Å². The number of nitrogens with two attached hydrogens (primary N) is 1. The molecule has 2 heterocycles. The Bertz CT molecular complexity index is 1080. The summed E-state index contributed by atoms with van der Waals surface area (Å²) in [4.78, 5) is 37.0. The molecule has 3 N–H and O–H groups in total. The lowest BCUT2D eigenvalue weighted by molar-refractivity contribution is 0.0998. The van der Waals surface area contributed by atoms with Gasteiger partial charge in [-0.25, -0.2) is 4.98 Å². The van der Waals surface area contributed by atoms with Crippen molar-refractivity contribution in [3.63, 3.8) is 0 Å². The molecule has 0 unspecified atom stereocenters. The molecule has 3 aromatic rings. The number of aromatic nitrogens is 4. The highest BCUT2D eigenvalue weighted by molar-refractivity contribution is 5.95. The number of primary amides is 1. The average Bonchev–Trinajstić information content (AvgIpc) is 3.34. The topological polar surface area (TPSA) is 116 Å². The Hall–Kier alpha value is -3.16. The number of nitrogens with zero attached hydrogens (tertiary/aromatic N) is 3. The predicted molar refractivity (Wildman–Crippen MR) is 105 cm³/mol. The van der Waals surface area contributed by atoms with Crippen molar-refractivity contribution in [3.8, 4) is 11.8 Å². The maximum atomic E-state index is 13.1. The van der Waals surface area contributed by atoms with E-state index in [0.29, 0.717) is 23.6 Å². The molecule has 1 aliphatic rings. The van der Waals surface area contributed by atoms with E-state index in [-0.39, 0.29) is 22.9 Å². The number of benzene rings is 1. The van der Waals surface area contributed by atoms with Gasteiger partial charge in [-0.3, -0.25) is 14.2 Å². The van der Waals surface area contributed by atoms with E-state index in [4.69, 9.17) is 10.5 Å². The third-order valence-electron chi connectivity index (χ3n) is 5.14. The molecular weight excluding hydrogens is 358 g/mol. The standard InChI is InChI=1S/C20H23N5O3/c1-2-11-25-19(27)15-18(23-17(22-15)12-7-3-4-8-12)24-20(25)28-14-10-6-5-9-13(14)16(21)26/h5-6,9-10,12H,2-4,7-8,11H2,1H3,(H2,21,26)(H,22,23). The molecule has 8 heteroatoms. The van der Waals surface area contributed by atoms with Crippen LogP contribution in [0.25, 0.3) is 11.2 Å². The lowest BCUT2D eigenvalue weighted by Gasteiger charge is -2.13. The monoisotopic (exact) mass is 381 g/mol. The number of hydrogen-bond donors (Lipinski definition) is 2. The Morgan fingerprint density at radius 1 is 1.29 bits per heavy atom. The summed E-state index contributed by atoms with van der Waals surface area (Å²) in [5.74, 6) is 0.810. The SMILES string of the molecule is CCCn1c(Oc2ccccc2C(N)=O)nc2nc(C3CCCC3)[nH]c2c1=O. The van der Waals surface area contributed by atoms with E-state index in [2.05, 4.69) is 15.0 Å². The summed E-state index contributed by atoms with van der Waals surface area (Å²) < 4.78 is 7.34. The fraction of sp³-hybridized carbons (Fsp3) is 0.400. The molecule has 0 aliphatic heterocycles. The van der Waals surface area contributed by atoms with Crippen molar-refractivity contribution >= 4 is 17.1 Å². The Morgan fingerprint density at radius 2 is 2.04 bits per heavy atom. The molecule has 0 saturated heterocycles. The normalized spacial score (nSPS) is 14.6. The zero-order chi connectivity index (χ0) is 19.7. The quantitative estimate of drug-likeness (QED) is 0.681. The van der Waals surface area contributed by atoms with Crippen LogP contribution in [0.3, 0.4) is 0 Å². The zero-order valence-corrected chi connectivity index (χ0v) is 15.8. The largest absolute Gasteiger partial charge is 0.425 e. The van der Waals surface area contributed by atoms with Crippen molar-refractivity contribution in [2.45, 2.75) is 51.5 Å². The minimum atomic E-state index is -0.607. The molecule has 1 aliphatic carbocycles. The maximum absolute atomic E-state index is 13.1. The second-order valence-electron chi connectivity index (χ2n) is 7.12. The summed E-state index contributed by atoms with van der Waals surface area (Å²) in [6.07, 6.45) is 5.21. The highest BCUT2D eigenvalue weighted by Crippen LogP contribution is 2.33. The molecule has 1 fully saturated rings. The number of carbonyl (C=O) groups is 1. The van der Waals surface area contributed by atoms with Gasteiger partial charge in [-0.1, -0.05) is 31.9 Å². The summed E-state index contributed by atoms with van der Waals surface area (Å²) in [6.45, 7) is 2.41. The minimum absolute atomic E-state index is 0.109. The van der Waals surface area contributed by atoms with E-state index in [1.807, 2.05) is 6.92 Å². The minimum Gasteiger partial charge on any atom is -0.425 e. The summed E-state index contributed by atoms with van der Waals surface area (Å²) in [6, 6.07) is 6.74. The highest BCUT2D eigenvalue weighted by Gasteiger charge is 2.23. The molecule has 1 aromatic carbocycles. The molecule has 0 bridgehead atoms. The van der Waals surface area contributed by atoms with Crippen LogP contribution in [0.5, 0.6) is 11.8 Å². The Morgan fingerprint density at radius 3 is 2.75 bits per heavy atom. The van der Waals surface area contributed by atoms with Crippen LogP contribution in [-0.4, -0.2) is 25.4 Å². The summed E-state index contributed by atoms with van der Waals surface area (Å²) in [5.41, 5.74) is 6.17. The van der Waals surface area contributed by atoms with Gasteiger partial charge in [0.25, 0.3) is 11.5 Å². The number of ether oxygens (including phenoxy) is 1. The lowest BCUT2D eigenvalue weighted by atomic mass is 10.1. The number of H-pyrrole nitrogens is 1. The first-order chi connectivity index (χ1) is 13.6. The van der Waals surface area contributed by atoms with Gasteiger partial charge < -0.3 is 15.5 Å². The summed E-state index contributed by atoms with van der Waals surface area (Å²) >= 11 is 0. The van der Waals surface area contributed by atoms with Crippen molar-refractivity contribution in [2.24, 2.45) is 5.73 Å². The zero-order valence-electron chi connectivity index (χ0n) is 15.8. The molecule has 28 heavy (non-hydrogen) atoms. The smallest absolute Gasteiger partial charge is 0.306 e. The number of para-hydroxylation sites is 1. The van der Waals surface area contributed by atoms with Crippen LogP contribution in [0.4, 0.5) is 0 Å².